The molecule has 3 rings (SSSR count). The van der Waals surface area contributed by atoms with Gasteiger partial charge >= 0.3 is 5.97 Å². The summed E-state index contributed by atoms with van der Waals surface area (Å²) in [5.41, 5.74) is 3.11. The first-order valence-electron chi connectivity index (χ1n) is 8.43. The van der Waals surface area contributed by atoms with Crippen LogP contribution in [0.5, 0.6) is 0 Å². The highest BCUT2D eigenvalue weighted by Gasteiger charge is 2.39. The summed E-state index contributed by atoms with van der Waals surface area (Å²) in [6.45, 7) is 6.30. The molecule has 0 fully saturated rings. The number of rotatable bonds is 4. The van der Waals surface area contributed by atoms with Gasteiger partial charge in [-0.25, -0.2) is 4.79 Å². The minimum absolute atomic E-state index is 0.142. The summed E-state index contributed by atoms with van der Waals surface area (Å²) in [7, 11) is 0. The van der Waals surface area contributed by atoms with E-state index in [2.05, 4.69) is 5.32 Å². The van der Waals surface area contributed by atoms with Crippen LogP contribution in [0.25, 0.3) is 0 Å². The molecular formula is C19H23NO3S. The summed E-state index contributed by atoms with van der Waals surface area (Å²) >= 11 is 1.58. The van der Waals surface area contributed by atoms with Crippen LogP contribution in [0.3, 0.4) is 0 Å². The van der Waals surface area contributed by atoms with Crippen LogP contribution < -0.4 is 5.32 Å². The highest BCUT2D eigenvalue weighted by Crippen LogP contribution is 2.43. The van der Waals surface area contributed by atoms with Crippen molar-refractivity contribution in [3.05, 3.63) is 44.9 Å². The number of hydrogen-bond acceptors (Lipinski definition) is 5. The van der Waals surface area contributed by atoms with Crippen molar-refractivity contribution in [2.24, 2.45) is 5.92 Å². The van der Waals surface area contributed by atoms with Gasteiger partial charge in [-0.3, -0.25) is 4.79 Å². The van der Waals surface area contributed by atoms with Crippen LogP contribution in [-0.4, -0.2) is 18.4 Å². The summed E-state index contributed by atoms with van der Waals surface area (Å²) in [6, 6.07) is 3.96. The van der Waals surface area contributed by atoms with Gasteiger partial charge in [-0.2, -0.15) is 0 Å². The number of esters is 1. The molecule has 24 heavy (non-hydrogen) atoms. The normalized spacial score (nSPS) is 21.0. The molecule has 0 radical (unpaired) electrons. The Bertz CT molecular complexity index is 713. The number of allylic oxidation sites excluding steroid dienone is 3. The molecule has 0 bridgehead atoms. The molecule has 0 saturated carbocycles. The minimum atomic E-state index is -0.322. The van der Waals surface area contributed by atoms with E-state index in [9.17, 15) is 9.59 Å². The lowest BCUT2D eigenvalue weighted by atomic mass is 9.78. The second kappa shape index (κ2) is 6.93. The van der Waals surface area contributed by atoms with Crippen LogP contribution in [0.15, 0.2) is 40.1 Å². The maximum atomic E-state index is 12.8. The fourth-order valence-electron chi connectivity index (χ4n) is 3.31. The number of carbonyl (C=O) groups is 2. The minimum Gasteiger partial charge on any atom is -0.462 e. The third-order valence-electron chi connectivity index (χ3n) is 4.37. The lowest BCUT2D eigenvalue weighted by Gasteiger charge is -2.33. The molecule has 1 aromatic rings. The number of ether oxygens (including phenoxy) is 1. The Hall–Kier alpha value is -1.88. The van der Waals surface area contributed by atoms with Crippen molar-refractivity contribution in [2.75, 3.05) is 6.61 Å². The van der Waals surface area contributed by atoms with Crippen LogP contribution in [0, 0.1) is 5.92 Å². The highest BCUT2D eigenvalue weighted by atomic mass is 32.1. The highest BCUT2D eigenvalue weighted by molar-refractivity contribution is 7.10. The van der Waals surface area contributed by atoms with Crippen molar-refractivity contribution in [3.63, 3.8) is 0 Å². The molecule has 4 nitrogen and oxygen atoms in total. The predicted octanol–water partition coefficient (Wildman–Crippen LogP) is 3.92. The van der Waals surface area contributed by atoms with Crippen LogP contribution in [0.1, 0.15) is 50.8 Å². The third kappa shape index (κ3) is 3.18. The molecule has 1 N–H and O–H groups in total. The zero-order valence-corrected chi connectivity index (χ0v) is 15.2. The van der Waals surface area contributed by atoms with Crippen molar-refractivity contribution in [2.45, 2.75) is 46.0 Å². The van der Waals surface area contributed by atoms with Gasteiger partial charge in [0.05, 0.1) is 18.1 Å². The SMILES string of the molecule is CC1=C(C(=O)OCC(C)C)[C@H](c2cccs2)C2=C(CCCC2=O)N1. The average molecular weight is 345 g/mol. The monoisotopic (exact) mass is 345 g/mol. The summed E-state index contributed by atoms with van der Waals surface area (Å²) in [5, 5.41) is 5.28. The van der Waals surface area contributed by atoms with Crippen LogP contribution in [0.4, 0.5) is 0 Å². The van der Waals surface area contributed by atoms with Gasteiger partial charge in [0.15, 0.2) is 5.78 Å². The van der Waals surface area contributed by atoms with E-state index in [4.69, 9.17) is 4.74 Å². The van der Waals surface area contributed by atoms with Gasteiger partial charge in [0.2, 0.25) is 0 Å². The molecule has 0 saturated heterocycles. The number of carbonyl (C=O) groups excluding carboxylic acids is 2. The smallest absolute Gasteiger partial charge is 0.336 e. The molecule has 5 heteroatoms. The summed E-state index contributed by atoms with van der Waals surface area (Å²) < 4.78 is 5.49. The number of thiophene rings is 1. The maximum Gasteiger partial charge on any atom is 0.336 e. The van der Waals surface area contributed by atoms with E-state index in [0.29, 0.717) is 18.6 Å². The molecule has 0 unspecified atom stereocenters. The van der Waals surface area contributed by atoms with E-state index in [1.54, 1.807) is 11.3 Å². The molecule has 0 amide bonds. The topological polar surface area (TPSA) is 55.4 Å². The second-order valence-corrected chi connectivity index (χ2v) is 7.75. The first-order valence-corrected chi connectivity index (χ1v) is 9.31. The van der Waals surface area contributed by atoms with Crippen molar-refractivity contribution in [1.82, 2.24) is 5.32 Å². The zero-order valence-electron chi connectivity index (χ0n) is 14.3. The Morgan fingerprint density at radius 2 is 2.21 bits per heavy atom. The molecule has 2 heterocycles. The van der Waals surface area contributed by atoms with Crippen molar-refractivity contribution >= 4 is 23.1 Å². The first-order chi connectivity index (χ1) is 11.5. The van der Waals surface area contributed by atoms with Crippen molar-refractivity contribution in [1.29, 1.82) is 0 Å². The molecule has 0 spiro atoms. The Morgan fingerprint density at radius 1 is 1.42 bits per heavy atom. The average Bonchev–Trinajstić information content (AvgIpc) is 3.05. The van der Waals surface area contributed by atoms with E-state index in [1.165, 1.54) is 0 Å². The number of nitrogens with one attached hydrogen (secondary N) is 1. The Balaban J connectivity index is 2.02. The van der Waals surface area contributed by atoms with Crippen molar-refractivity contribution < 1.29 is 14.3 Å². The summed E-state index contributed by atoms with van der Waals surface area (Å²) in [5.74, 6) is -0.202. The largest absolute Gasteiger partial charge is 0.462 e. The maximum absolute atomic E-state index is 12.8. The number of Topliss-reactive ketones (excluding diaryl/α,β-unsaturated/α-hetero) is 1. The molecule has 0 aromatic carbocycles. The van der Waals surface area contributed by atoms with Gasteiger partial charge < -0.3 is 10.1 Å². The molecule has 1 atom stereocenters. The standard InChI is InChI=1S/C19H23NO3S/c1-11(2)10-23-19(22)16-12(3)20-13-6-4-7-14(21)17(13)18(16)15-8-5-9-24-15/h5,8-9,11,18,20H,4,6-7,10H2,1-3H3/t18-/m0/s1. The first kappa shape index (κ1) is 17.0. The Morgan fingerprint density at radius 3 is 2.88 bits per heavy atom. The van der Waals surface area contributed by atoms with E-state index in [-0.39, 0.29) is 23.6 Å². The lowest BCUT2D eigenvalue weighted by Crippen LogP contribution is -2.34. The zero-order chi connectivity index (χ0) is 17.3. The Kier molecular flexibility index (Phi) is 4.90. The molecular weight excluding hydrogens is 322 g/mol. The van der Waals surface area contributed by atoms with Gasteiger partial charge in [-0.1, -0.05) is 19.9 Å². The number of ketones is 1. The van der Waals surface area contributed by atoms with E-state index in [0.717, 1.165) is 34.7 Å². The van der Waals surface area contributed by atoms with Gasteiger partial charge in [-0.15, -0.1) is 11.3 Å². The molecule has 2 aliphatic rings. The quantitative estimate of drug-likeness (QED) is 0.841. The molecule has 128 valence electrons. The molecule has 1 aliphatic heterocycles. The van der Waals surface area contributed by atoms with Crippen LogP contribution in [0.2, 0.25) is 0 Å². The fraction of sp³-hybridized carbons (Fsp3) is 0.474. The number of hydrogen-bond donors (Lipinski definition) is 1. The predicted molar refractivity (Wildman–Crippen MR) is 94.6 cm³/mol. The number of dihydropyridines is 1. The second-order valence-electron chi connectivity index (χ2n) is 6.77. The summed E-state index contributed by atoms with van der Waals surface area (Å²) in [4.78, 5) is 26.4. The van der Waals surface area contributed by atoms with E-state index >= 15 is 0 Å². The van der Waals surface area contributed by atoms with E-state index < -0.39 is 0 Å². The summed E-state index contributed by atoms with van der Waals surface area (Å²) in [6.07, 6.45) is 2.27. The van der Waals surface area contributed by atoms with Gasteiger partial charge in [-0.05, 0) is 37.1 Å². The third-order valence-corrected chi connectivity index (χ3v) is 5.31. The molecule has 1 aromatic heterocycles. The van der Waals surface area contributed by atoms with E-state index in [1.807, 2.05) is 38.3 Å². The Labute approximate surface area is 146 Å². The van der Waals surface area contributed by atoms with Crippen LogP contribution >= 0.6 is 11.3 Å². The fourth-order valence-corrected chi connectivity index (χ4v) is 4.16. The molecule has 1 aliphatic carbocycles. The van der Waals surface area contributed by atoms with Gasteiger partial charge in [0.1, 0.15) is 0 Å². The van der Waals surface area contributed by atoms with Gasteiger partial charge in [0, 0.05) is 28.3 Å². The van der Waals surface area contributed by atoms with Gasteiger partial charge in [0.25, 0.3) is 0 Å². The van der Waals surface area contributed by atoms with Crippen molar-refractivity contribution in [3.8, 4) is 0 Å². The lowest BCUT2D eigenvalue weighted by molar-refractivity contribution is -0.140. The van der Waals surface area contributed by atoms with Crippen LogP contribution in [-0.2, 0) is 14.3 Å².